The van der Waals surface area contributed by atoms with Gasteiger partial charge in [-0.15, -0.1) is 0 Å². The average Bonchev–Trinajstić information content (AvgIpc) is 2.27. The summed E-state index contributed by atoms with van der Waals surface area (Å²) in [5.74, 6) is -3.15. The minimum atomic E-state index is -1.29. The van der Waals surface area contributed by atoms with Crippen molar-refractivity contribution in [2.75, 3.05) is 5.32 Å². The number of benzene rings is 1. The van der Waals surface area contributed by atoms with Gasteiger partial charge in [-0.05, 0) is 30.0 Å². The predicted molar refractivity (Wildman–Crippen MR) is 62.8 cm³/mol. The van der Waals surface area contributed by atoms with Crippen LogP contribution < -0.4 is 15.5 Å². The van der Waals surface area contributed by atoms with Gasteiger partial charge in [0.2, 0.25) is 5.91 Å². The zero-order valence-electron chi connectivity index (χ0n) is 10.3. The third-order valence-electron chi connectivity index (χ3n) is 2.45. The molecule has 19 heavy (non-hydrogen) atoms. The fourth-order valence-corrected chi connectivity index (χ4v) is 1.57. The maximum Gasteiger partial charge on any atom is 0.224 e. The highest BCUT2D eigenvalue weighted by Crippen LogP contribution is 2.12. The van der Waals surface area contributed by atoms with Crippen molar-refractivity contribution in [3.05, 3.63) is 29.8 Å². The highest BCUT2D eigenvalue weighted by atomic mass is 16.4. The van der Waals surface area contributed by atoms with Crippen LogP contribution in [0.25, 0.3) is 0 Å². The first-order valence-corrected chi connectivity index (χ1v) is 5.69. The minimum Gasteiger partial charge on any atom is -0.550 e. The normalized spacial score (nSPS) is 11.6. The molecule has 1 rings (SSSR count). The summed E-state index contributed by atoms with van der Waals surface area (Å²) < 4.78 is 0. The summed E-state index contributed by atoms with van der Waals surface area (Å²) in [5, 5.41) is 23.4. The van der Waals surface area contributed by atoms with E-state index >= 15 is 0 Å². The van der Waals surface area contributed by atoms with E-state index in [0.717, 1.165) is 0 Å². The van der Waals surface area contributed by atoms with Gasteiger partial charge >= 0.3 is 0 Å². The van der Waals surface area contributed by atoms with Gasteiger partial charge in [0.05, 0.1) is 5.97 Å². The van der Waals surface area contributed by atoms with Crippen LogP contribution in [0.15, 0.2) is 24.3 Å². The van der Waals surface area contributed by atoms with Gasteiger partial charge in [0.25, 0.3) is 0 Å². The van der Waals surface area contributed by atoms with Crippen molar-refractivity contribution in [3.8, 4) is 0 Å². The SMILES string of the molecule is C[C@@H](CC(=O)[O-])CC(=O)Nc1ccc(C(=O)[O-])cc1. The van der Waals surface area contributed by atoms with Crippen molar-refractivity contribution < 1.29 is 24.6 Å². The molecule has 1 aromatic rings. The Balaban J connectivity index is 2.52. The van der Waals surface area contributed by atoms with Crippen LogP contribution in [-0.2, 0) is 9.59 Å². The van der Waals surface area contributed by atoms with E-state index in [2.05, 4.69) is 5.32 Å². The van der Waals surface area contributed by atoms with E-state index < -0.39 is 11.9 Å². The fourth-order valence-electron chi connectivity index (χ4n) is 1.57. The molecule has 0 aliphatic rings. The quantitative estimate of drug-likeness (QED) is 0.719. The summed E-state index contributed by atoms with van der Waals surface area (Å²) in [4.78, 5) is 32.4. The van der Waals surface area contributed by atoms with E-state index in [-0.39, 0.29) is 30.2 Å². The molecule has 0 fully saturated rings. The zero-order chi connectivity index (χ0) is 14.4. The third kappa shape index (κ3) is 5.20. The van der Waals surface area contributed by atoms with E-state index in [4.69, 9.17) is 0 Å². The molecule has 0 heterocycles. The van der Waals surface area contributed by atoms with Gasteiger partial charge in [0.1, 0.15) is 0 Å². The molecule has 0 aliphatic carbocycles. The number of amides is 1. The maximum atomic E-state index is 11.6. The Morgan fingerprint density at radius 2 is 1.68 bits per heavy atom. The van der Waals surface area contributed by atoms with Gasteiger partial charge in [-0.3, -0.25) is 4.79 Å². The average molecular weight is 263 g/mol. The number of carboxylic acids is 2. The van der Waals surface area contributed by atoms with Gasteiger partial charge in [0, 0.05) is 18.1 Å². The molecule has 1 N–H and O–H groups in total. The van der Waals surface area contributed by atoms with Crippen LogP contribution in [0.2, 0.25) is 0 Å². The largest absolute Gasteiger partial charge is 0.550 e. The number of carbonyl (C=O) groups is 3. The van der Waals surface area contributed by atoms with E-state index in [0.29, 0.717) is 5.69 Å². The van der Waals surface area contributed by atoms with Gasteiger partial charge in [-0.1, -0.05) is 19.1 Å². The van der Waals surface area contributed by atoms with Crippen LogP contribution in [0, 0.1) is 5.92 Å². The second kappa shape index (κ2) is 6.53. The molecule has 0 aliphatic heterocycles. The second-order valence-corrected chi connectivity index (χ2v) is 4.30. The van der Waals surface area contributed by atoms with E-state index in [1.165, 1.54) is 24.3 Å². The number of hydrogen-bond acceptors (Lipinski definition) is 5. The Morgan fingerprint density at radius 1 is 1.11 bits per heavy atom. The van der Waals surface area contributed by atoms with Crippen LogP contribution in [0.1, 0.15) is 30.1 Å². The molecular weight excluding hydrogens is 250 g/mol. The third-order valence-corrected chi connectivity index (χ3v) is 2.45. The molecule has 0 saturated heterocycles. The Bertz CT molecular complexity index is 480. The zero-order valence-corrected chi connectivity index (χ0v) is 10.3. The number of nitrogens with one attached hydrogen (secondary N) is 1. The number of carbonyl (C=O) groups excluding carboxylic acids is 3. The molecule has 102 valence electrons. The Kier molecular flexibility index (Phi) is 5.05. The van der Waals surface area contributed by atoms with Gasteiger partial charge in [-0.25, -0.2) is 0 Å². The highest BCUT2D eigenvalue weighted by Gasteiger charge is 2.09. The van der Waals surface area contributed by atoms with Crippen molar-refractivity contribution in [3.63, 3.8) is 0 Å². The lowest BCUT2D eigenvalue weighted by molar-refractivity contribution is -0.306. The first-order chi connectivity index (χ1) is 8.88. The highest BCUT2D eigenvalue weighted by molar-refractivity contribution is 5.92. The van der Waals surface area contributed by atoms with Crippen molar-refractivity contribution in [2.24, 2.45) is 5.92 Å². The number of aliphatic carboxylic acids is 1. The molecule has 0 saturated carbocycles. The molecule has 6 nitrogen and oxygen atoms in total. The van der Waals surface area contributed by atoms with E-state index in [1.54, 1.807) is 6.92 Å². The first-order valence-electron chi connectivity index (χ1n) is 5.69. The lowest BCUT2D eigenvalue weighted by atomic mass is 10.0. The molecule has 0 spiro atoms. The van der Waals surface area contributed by atoms with Crippen molar-refractivity contribution in [1.82, 2.24) is 0 Å². The summed E-state index contributed by atoms with van der Waals surface area (Å²) in [5.41, 5.74) is 0.457. The molecule has 0 radical (unpaired) electrons. The molecule has 1 aromatic carbocycles. The van der Waals surface area contributed by atoms with Crippen LogP contribution in [0.5, 0.6) is 0 Å². The molecule has 0 aromatic heterocycles. The number of aromatic carboxylic acids is 1. The Hall–Kier alpha value is -2.37. The summed E-state index contributed by atoms with van der Waals surface area (Å²) in [6.07, 6.45) is -0.132. The van der Waals surface area contributed by atoms with E-state index in [1.807, 2.05) is 0 Å². The topological polar surface area (TPSA) is 109 Å². The molecule has 1 amide bonds. The molecule has 6 heteroatoms. The van der Waals surface area contributed by atoms with Crippen molar-refractivity contribution in [2.45, 2.75) is 19.8 Å². The van der Waals surface area contributed by atoms with Gasteiger partial charge in [0.15, 0.2) is 0 Å². The van der Waals surface area contributed by atoms with Crippen LogP contribution >= 0.6 is 0 Å². The lowest BCUT2D eigenvalue weighted by Gasteiger charge is -2.12. The summed E-state index contributed by atoms with van der Waals surface area (Å²) in [6, 6.07) is 5.50. The van der Waals surface area contributed by atoms with Gasteiger partial charge in [-0.2, -0.15) is 0 Å². The number of anilines is 1. The van der Waals surface area contributed by atoms with E-state index in [9.17, 15) is 24.6 Å². The molecule has 1 atom stereocenters. The first kappa shape index (κ1) is 14.7. The second-order valence-electron chi connectivity index (χ2n) is 4.30. The summed E-state index contributed by atoms with van der Waals surface area (Å²) >= 11 is 0. The van der Waals surface area contributed by atoms with Crippen LogP contribution in [-0.4, -0.2) is 17.8 Å². The van der Waals surface area contributed by atoms with Crippen LogP contribution in [0.3, 0.4) is 0 Å². The number of rotatable bonds is 6. The van der Waals surface area contributed by atoms with Crippen molar-refractivity contribution >= 4 is 23.5 Å². The fraction of sp³-hybridized carbons (Fsp3) is 0.308. The maximum absolute atomic E-state index is 11.6. The van der Waals surface area contributed by atoms with Gasteiger partial charge < -0.3 is 25.1 Å². The minimum absolute atomic E-state index is 0.0170. The molecule has 0 bridgehead atoms. The summed E-state index contributed by atoms with van der Waals surface area (Å²) in [6.45, 7) is 1.63. The predicted octanol–water partition coefficient (Wildman–Crippen LogP) is -0.845. The number of carboxylic acid groups (broad SMARTS) is 2. The van der Waals surface area contributed by atoms with Crippen LogP contribution in [0.4, 0.5) is 5.69 Å². The smallest absolute Gasteiger partial charge is 0.224 e. The molecule has 0 unspecified atom stereocenters. The summed E-state index contributed by atoms with van der Waals surface area (Å²) in [7, 11) is 0. The monoisotopic (exact) mass is 263 g/mol. The lowest BCUT2D eigenvalue weighted by Crippen LogP contribution is -2.26. The number of hydrogen-bond donors (Lipinski definition) is 1. The van der Waals surface area contributed by atoms with Crippen molar-refractivity contribution in [1.29, 1.82) is 0 Å². The standard InChI is InChI=1S/C13H15NO5/c1-8(7-12(16)17)6-11(15)14-10-4-2-9(3-5-10)13(18)19/h2-5,8H,6-7H2,1H3,(H,14,15)(H,16,17)(H,18,19)/p-2/t8-/m1/s1. The molecular formula is C13H13NO5-2. The Morgan fingerprint density at radius 3 is 2.16 bits per heavy atom. The Labute approximate surface area is 110 Å².